The molecule has 0 radical (unpaired) electrons. The van der Waals surface area contributed by atoms with Crippen LogP contribution in [0.4, 0.5) is 10.5 Å². The fourth-order valence-electron chi connectivity index (χ4n) is 3.41. The molecule has 142 valence electrons. The number of carbonyl (C=O) groups is 2. The average Bonchev–Trinajstić information content (AvgIpc) is 2.77. The van der Waals surface area contributed by atoms with Gasteiger partial charge in [0.25, 0.3) is 5.91 Å². The van der Waals surface area contributed by atoms with E-state index >= 15 is 0 Å². The highest BCUT2D eigenvalue weighted by Gasteiger charge is 2.54. The molecule has 0 saturated carbocycles. The highest BCUT2D eigenvalue weighted by molar-refractivity contribution is 9.10. The molecule has 1 fully saturated rings. The maximum Gasteiger partial charge on any atom is 0.332 e. The van der Waals surface area contributed by atoms with E-state index in [4.69, 9.17) is 23.2 Å². The van der Waals surface area contributed by atoms with Crippen LogP contribution in [0.1, 0.15) is 25.8 Å². The van der Waals surface area contributed by atoms with Crippen molar-refractivity contribution >= 4 is 56.8 Å². The Morgan fingerprint density at radius 3 is 2.19 bits per heavy atom. The SMILES string of the molecule is CCCN1C(=O)N(c2cc(Cl)cc(Cl)c2)C(=O)C1(C)Cc1ccc(Br)cc1. The van der Waals surface area contributed by atoms with Gasteiger partial charge in [0.1, 0.15) is 5.54 Å². The largest absolute Gasteiger partial charge is 0.332 e. The van der Waals surface area contributed by atoms with Gasteiger partial charge in [0, 0.05) is 27.5 Å². The minimum absolute atomic E-state index is 0.276. The number of anilines is 1. The normalized spacial score (nSPS) is 19.9. The Morgan fingerprint density at radius 1 is 1.04 bits per heavy atom. The summed E-state index contributed by atoms with van der Waals surface area (Å²) in [6.45, 7) is 4.29. The average molecular weight is 470 g/mol. The Morgan fingerprint density at radius 2 is 1.63 bits per heavy atom. The molecular formula is C20H19BrCl2N2O2. The lowest BCUT2D eigenvalue weighted by molar-refractivity contribution is -0.124. The van der Waals surface area contributed by atoms with Crippen LogP contribution in [0.2, 0.25) is 10.0 Å². The van der Waals surface area contributed by atoms with Crippen LogP contribution in [-0.2, 0) is 11.2 Å². The second kappa shape index (κ2) is 7.82. The number of urea groups is 1. The Kier molecular flexibility index (Phi) is 5.84. The number of amides is 3. The van der Waals surface area contributed by atoms with Crippen molar-refractivity contribution in [1.82, 2.24) is 4.90 Å². The van der Waals surface area contributed by atoms with Crippen molar-refractivity contribution in [3.63, 3.8) is 0 Å². The number of nitrogens with zero attached hydrogens (tertiary/aromatic N) is 2. The molecule has 7 heteroatoms. The van der Waals surface area contributed by atoms with Gasteiger partial charge < -0.3 is 4.90 Å². The van der Waals surface area contributed by atoms with Gasteiger partial charge in [-0.05, 0) is 49.2 Å². The maximum absolute atomic E-state index is 13.4. The van der Waals surface area contributed by atoms with Crippen molar-refractivity contribution in [2.75, 3.05) is 11.4 Å². The van der Waals surface area contributed by atoms with Gasteiger partial charge in [-0.3, -0.25) is 4.79 Å². The summed E-state index contributed by atoms with van der Waals surface area (Å²) in [5.41, 5.74) is 0.396. The van der Waals surface area contributed by atoms with Gasteiger partial charge in [-0.25, -0.2) is 9.69 Å². The quantitative estimate of drug-likeness (QED) is 0.508. The lowest BCUT2D eigenvalue weighted by atomic mass is 9.91. The van der Waals surface area contributed by atoms with Gasteiger partial charge in [-0.1, -0.05) is 58.2 Å². The van der Waals surface area contributed by atoms with Gasteiger partial charge in [0.05, 0.1) is 5.69 Å². The van der Waals surface area contributed by atoms with E-state index in [-0.39, 0.29) is 11.9 Å². The summed E-state index contributed by atoms with van der Waals surface area (Å²) in [6.07, 6.45) is 1.18. The van der Waals surface area contributed by atoms with Crippen molar-refractivity contribution < 1.29 is 9.59 Å². The number of benzene rings is 2. The molecule has 1 aliphatic heterocycles. The van der Waals surface area contributed by atoms with E-state index in [0.717, 1.165) is 16.5 Å². The van der Waals surface area contributed by atoms with Crippen LogP contribution in [0.25, 0.3) is 0 Å². The molecule has 0 N–H and O–H groups in total. The van der Waals surface area contributed by atoms with Crippen LogP contribution in [0, 0.1) is 0 Å². The van der Waals surface area contributed by atoms with E-state index in [0.29, 0.717) is 28.7 Å². The van der Waals surface area contributed by atoms with Gasteiger partial charge in [-0.2, -0.15) is 0 Å². The third-order valence-corrected chi connectivity index (χ3v) is 5.66. The standard InChI is InChI=1S/C20H19BrCl2N2O2/c1-3-8-24-19(27)25(17-10-15(22)9-16(23)11-17)18(26)20(24,2)12-13-4-6-14(21)7-5-13/h4-7,9-11H,3,8,12H2,1-2H3. The lowest BCUT2D eigenvalue weighted by Gasteiger charge is -2.31. The first kappa shape index (κ1) is 20.2. The molecule has 1 unspecified atom stereocenters. The zero-order valence-electron chi connectivity index (χ0n) is 15.0. The van der Waals surface area contributed by atoms with Crippen molar-refractivity contribution in [2.24, 2.45) is 0 Å². The zero-order valence-corrected chi connectivity index (χ0v) is 18.1. The molecule has 2 aromatic carbocycles. The zero-order chi connectivity index (χ0) is 19.8. The second-order valence-corrected chi connectivity index (χ2v) is 8.57. The molecule has 27 heavy (non-hydrogen) atoms. The van der Waals surface area contributed by atoms with Gasteiger partial charge >= 0.3 is 6.03 Å². The van der Waals surface area contributed by atoms with Crippen LogP contribution in [0.15, 0.2) is 46.9 Å². The third kappa shape index (κ3) is 3.86. The highest BCUT2D eigenvalue weighted by atomic mass is 79.9. The predicted molar refractivity (Wildman–Crippen MR) is 113 cm³/mol. The molecule has 0 aliphatic carbocycles. The number of carbonyl (C=O) groups excluding carboxylic acids is 2. The minimum atomic E-state index is -0.976. The molecule has 1 atom stereocenters. The van der Waals surface area contributed by atoms with E-state index in [9.17, 15) is 9.59 Å². The first-order valence-electron chi connectivity index (χ1n) is 8.63. The number of halogens is 3. The van der Waals surface area contributed by atoms with E-state index in [1.807, 2.05) is 38.1 Å². The summed E-state index contributed by atoms with van der Waals surface area (Å²) < 4.78 is 0.964. The third-order valence-electron chi connectivity index (χ3n) is 4.70. The lowest BCUT2D eigenvalue weighted by Crippen LogP contribution is -2.49. The molecule has 2 aromatic rings. The molecule has 4 nitrogen and oxygen atoms in total. The molecule has 3 rings (SSSR count). The Hall–Kier alpha value is -1.56. The van der Waals surface area contributed by atoms with Gasteiger partial charge in [0.2, 0.25) is 0 Å². The van der Waals surface area contributed by atoms with E-state index in [2.05, 4.69) is 15.9 Å². The van der Waals surface area contributed by atoms with Gasteiger partial charge in [-0.15, -0.1) is 0 Å². The predicted octanol–water partition coefficient (Wildman–Crippen LogP) is 5.94. The fraction of sp³-hybridized carbons (Fsp3) is 0.300. The molecule has 1 saturated heterocycles. The number of imide groups is 1. The number of hydrogen-bond acceptors (Lipinski definition) is 2. The Bertz CT molecular complexity index is 868. The fourth-order valence-corrected chi connectivity index (χ4v) is 4.19. The summed E-state index contributed by atoms with van der Waals surface area (Å²) in [6, 6.07) is 12.2. The van der Waals surface area contributed by atoms with Crippen LogP contribution < -0.4 is 4.90 Å². The van der Waals surface area contributed by atoms with Crippen LogP contribution in [-0.4, -0.2) is 28.9 Å². The first-order valence-corrected chi connectivity index (χ1v) is 10.2. The smallest absolute Gasteiger partial charge is 0.309 e. The molecular weight excluding hydrogens is 451 g/mol. The van der Waals surface area contributed by atoms with Crippen LogP contribution in [0.5, 0.6) is 0 Å². The molecule has 1 heterocycles. The Labute approximate surface area is 177 Å². The van der Waals surface area contributed by atoms with Crippen molar-refractivity contribution in [3.8, 4) is 0 Å². The minimum Gasteiger partial charge on any atom is -0.309 e. The molecule has 0 aromatic heterocycles. The highest BCUT2D eigenvalue weighted by Crippen LogP contribution is 2.37. The second-order valence-electron chi connectivity index (χ2n) is 6.78. The van der Waals surface area contributed by atoms with Gasteiger partial charge in [0.15, 0.2) is 0 Å². The van der Waals surface area contributed by atoms with Crippen LogP contribution in [0.3, 0.4) is 0 Å². The topological polar surface area (TPSA) is 40.6 Å². The summed E-state index contributed by atoms with van der Waals surface area (Å²) >= 11 is 15.6. The summed E-state index contributed by atoms with van der Waals surface area (Å²) in [5.74, 6) is -0.276. The number of hydrogen-bond donors (Lipinski definition) is 0. The summed E-state index contributed by atoms with van der Waals surface area (Å²) in [5, 5.41) is 0.753. The Balaban J connectivity index is 2.02. The molecule has 0 spiro atoms. The van der Waals surface area contributed by atoms with Crippen molar-refractivity contribution in [2.45, 2.75) is 32.2 Å². The molecule has 0 bridgehead atoms. The molecule has 3 amide bonds. The van der Waals surface area contributed by atoms with E-state index in [1.165, 1.54) is 4.90 Å². The van der Waals surface area contributed by atoms with Crippen molar-refractivity contribution in [3.05, 3.63) is 62.5 Å². The summed E-state index contributed by atoms with van der Waals surface area (Å²) in [4.78, 5) is 29.3. The van der Waals surface area contributed by atoms with E-state index < -0.39 is 5.54 Å². The first-order chi connectivity index (χ1) is 12.8. The maximum atomic E-state index is 13.4. The van der Waals surface area contributed by atoms with E-state index in [1.54, 1.807) is 23.1 Å². The number of rotatable bonds is 5. The monoisotopic (exact) mass is 468 g/mol. The molecule has 1 aliphatic rings. The van der Waals surface area contributed by atoms with Crippen molar-refractivity contribution in [1.29, 1.82) is 0 Å². The summed E-state index contributed by atoms with van der Waals surface area (Å²) in [7, 11) is 0. The van der Waals surface area contributed by atoms with Crippen LogP contribution >= 0.6 is 39.1 Å².